The molecule has 0 heterocycles. The molecule has 0 bridgehead atoms. The van der Waals surface area contributed by atoms with E-state index in [9.17, 15) is 0 Å². The Kier molecular flexibility index (Phi) is 3.10. The van der Waals surface area contributed by atoms with Gasteiger partial charge in [-0.05, 0) is 54.0 Å². The van der Waals surface area contributed by atoms with E-state index in [1.54, 1.807) is 6.08 Å². The van der Waals surface area contributed by atoms with Crippen LogP contribution in [0.15, 0.2) is 18.2 Å². The molecule has 1 aliphatic carbocycles. The Morgan fingerprint density at radius 2 is 2.19 bits per heavy atom. The maximum absolute atomic E-state index is 8.82. The SMILES string of the molecule is CCCc1c(C)ccc2c1/C(=C/C#N)CC2. The highest BCUT2D eigenvalue weighted by atomic mass is 14.3. The molecule has 0 fully saturated rings. The summed E-state index contributed by atoms with van der Waals surface area (Å²) >= 11 is 0. The van der Waals surface area contributed by atoms with E-state index in [1.165, 1.54) is 27.8 Å². The summed E-state index contributed by atoms with van der Waals surface area (Å²) in [5.74, 6) is 0. The molecule has 1 heteroatoms. The molecule has 16 heavy (non-hydrogen) atoms. The Morgan fingerprint density at radius 3 is 2.88 bits per heavy atom. The predicted molar refractivity (Wildman–Crippen MR) is 67.1 cm³/mol. The number of aryl methyl sites for hydroxylation is 2. The highest BCUT2D eigenvalue weighted by molar-refractivity contribution is 5.77. The standard InChI is InChI=1S/C15H17N/c1-3-4-14-11(2)5-6-12-7-8-13(9-10-16)15(12)14/h5-6,9H,3-4,7-8H2,1-2H3/b13-9+. The van der Waals surface area contributed by atoms with Crippen LogP contribution >= 0.6 is 0 Å². The molecule has 1 aromatic rings. The Bertz CT molecular complexity index is 475. The van der Waals surface area contributed by atoms with Crippen molar-refractivity contribution >= 4 is 5.57 Å². The smallest absolute Gasteiger partial charge is 0.0915 e. The van der Waals surface area contributed by atoms with Crippen LogP contribution < -0.4 is 0 Å². The van der Waals surface area contributed by atoms with E-state index in [1.807, 2.05) is 0 Å². The Morgan fingerprint density at radius 1 is 1.38 bits per heavy atom. The third-order valence-corrected chi connectivity index (χ3v) is 3.36. The van der Waals surface area contributed by atoms with Gasteiger partial charge in [-0.3, -0.25) is 0 Å². The van der Waals surface area contributed by atoms with Gasteiger partial charge in [-0.2, -0.15) is 5.26 Å². The molecule has 0 radical (unpaired) electrons. The number of benzene rings is 1. The largest absolute Gasteiger partial charge is 0.193 e. The molecule has 0 saturated heterocycles. The van der Waals surface area contributed by atoms with Gasteiger partial charge < -0.3 is 0 Å². The summed E-state index contributed by atoms with van der Waals surface area (Å²) in [6.07, 6.45) is 6.14. The zero-order valence-electron chi connectivity index (χ0n) is 10.0. The molecule has 2 rings (SSSR count). The van der Waals surface area contributed by atoms with Gasteiger partial charge >= 0.3 is 0 Å². The third kappa shape index (κ3) is 1.76. The number of nitrogens with zero attached hydrogens (tertiary/aromatic N) is 1. The van der Waals surface area contributed by atoms with Gasteiger partial charge in [-0.1, -0.05) is 25.5 Å². The van der Waals surface area contributed by atoms with Crippen LogP contribution in [0.3, 0.4) is 0 Å². The summed E-state index contributed by atoms with van der Waals surface area (Å²) < 4.78 is 0. The summed E-state index contributed by atoms with van der Waals surface area (Å²) in [6.45, 7) is 4.38. The minimum Gasteiger partial charge on any atom is -0.193 e. The van der Waals surface area contributed by atoms with Crippen molar-refractivity contribution in [2.45, 2.75) is 39.5 Å². The summed E-state index contributed by atoms with van der Waals surface area (Å²) in [4.78, 5) is 0. The molecule has 0 N–H and O–H groups in total. The van der Waals surface area contributed by atoms with Crippen LogP contribution in [-0.4, -0.2) is 0 Å². The van der Waals surface area contributed by atoms with Crippen LogP contribution in [0.2, 0.25) is 0 Å². The molecule has 0 saturated carbocycles. The van der Waals surface area contributed by atoms with Crippen molar-refractivity contribution in [3.05, 3.63) is 40.5 Å². The molecule has 0 amide bonds. The number of hydrogen-bond donors (Lipinski definition) is 0. The molecular formula is C15H17N. The molecule has 0 aliphatic heterocycles. The van der Waals surface area contributed by atoms with E-state index in [-0.39, 0.29) is 0 Å². The average molecular weight is 211 g/mol. The Labute approximate surface area is 97.4 Å². The van der Waals surface area contributed by atoms with Gasteiger partial charge in [0.25, 0.3) is 0 Å². The molecule has 0 unspecified atom stereocenters. The second-order valence-electron chi connectivity index (χ2n) is 4.44. The van der Waals surface area contributed by atoms with Crippen LogP contribution in [0, 0.1) is 18.3 Å². The van der Waals surface area contributed by atoms with Crippen molar-refractivity contribution in [1.82, 2.24) is 0 Å². The first-order valence-corrected chi connectivity index (χ1v) is 5.98. The lowest BCUT2D eigenvalue weighted by molar-refractivity contribution is 0.908. The predicted octanol–water partition coefficient (Wildman–Crippen LogP) is 3.80. The van der Waals surface area contributed by atoms with E-state index >= 15 is 0 Å². The number of hydrogen-bond acceptors (Lipinski definition) is 1. The lowest BCUT2D eigenvalue weighted by Gasteiger charge is -2.12. The highest BCUT2D eigenvalue weighted by Crippen LogP contribution is 2.36. The quantitative estimate of drug-likeness (QED) is 0.682. The van der Waals surface area contributed by atoms with Gasteiger partial charge in [0.2, 0.25) is 0 Å². The summed E-state index contributed by atoms with van der Waals surface area (Å²) in [6, 6.07) is 6.62. The van der Waals surface area contributed by atoms with Gasteiger partial charge in [-0.25, -0.2) is 0 Å². The number of fused-ring (bicyclic) bond motifs is 1. The van der Waals surface area contributed by atoms with Gasteiger partial charge in [-0.15, -0.1) is 0 Å². The van der Waals surface area contributed by atoms with Crippen LogP contribution in [0.4, 0.5) is 0 Å². The molecular weight excluding hydrogens is 194 g/mol. The summed E-state index contributed by atoms with van der Waals surface area (Å²) in [5.41, 5.74) is 6.87. The third-order valence-electron chi connectivity index (χ3n) is 3.36. The second-order valence-corrected chi connectivity index (χ2v) is 4.44. The fraction of sp³-hybridized carbons (Fsp3) is 0.400. The number of rotatable bonds is 2. The minimum atomic E-state index is 1.03. The van der Waals surface area contributed by atoms with Crippen molar-refractivity contribution in [3.63, 3.8) is 0 Å². The Balaban J connectivity index is 2.58. The van der Waals surface area contributed by atoms with Gasteiger partial charge in [0, 0.05) is 6.08 Å². The van der Waals surface area contributed by atoms with Crippen LogP contribution in [0.25, 0.3) is 5.57 Å². The monoisotopic (exact) mass is 211 g/mol. The van der Waals surface area contributed by atoms with Gasteiger partial charge in [0.15, 0.2) is 0 Å². The molecule has 1 aliphatic rings. The van der Waals surface area contributed by atoms with Crippen molar-refractivity contribution in [2.75, 3.05) is 0 Å². The normalized spacial score (nSPS) is 16.2. The van der Waals surface area contributed by atoms with Gasteiger partial charge in [0.05, 0.1) is 6.07 Å². The fourth-order valence-corrected chi connectivity index (χ4v) is 2.60. The van der Waals surface area contributed by atoms with Crippen molar-refractivity contribution < 1.29 is 0 Å². The zero-order valence-corrected chi connectivity index (χ0v) is 10.0. The van der Waals surface area contributed by atoms with E-state index in [2.05, 4.69) is 32.0 Å². The molecule has 0 atom stereocenters. The lowest BCUT2D eigenvalue weighted by atomic mass is 9.93. The van der Waals surface area contributed by atoms with Crippen molar-refractivity contribution in [3.8, 4) is 6.07 Å². The van der Waals surface area contributed by atoms with E-state index in [4.69, 9.17) is 5.26 Å². The maximum Gasteiger partial charge on any atom is 0.0915 e. The highest BCUT2D eigenvalue weighted by Gasteiger charge is 2.20. The van der Waals surface area contributed by atoms with Crippen LogP contribution in [0.1, 0.15) is 42.0 Å². The lowest BCUT2D eigenvalue weighted by Crippen LogP contribution is -1.96. The first-order valence-electron chi connectivity index (χ1n) is 5.98. The average Bonchev–Trinajstić information content (AvgIpc) is 2.67. The topological polar surface area (TPSA) is 23.8 Å². The Hall–Kier alpha value is -1.55. The van der Waals surface area contributed by atoms with Crippen molar-refractivity contribution in [1.29, 1.82) is 5.26 Å². The maximum atomic E-state index is 8.82. The molecule has 82 valence electrons. The van der Waals surface area contributed by atoms with Crippen molar-refractivity contribution in [2.24, 2.45) is 0 Å². The van der Waals surface area contributed by atoms with Crippen LogP contribution in [-0.2, 0) is 12.8 Å². The second kappa shape index (κ2) is 4.53. The molecule has 1 aromatic carbocycles. The molecule has 0 aromatic heterocycles. The van der Waals surface area contributed by atoms with Gasteiger partial charge in [0.1, 0.15) is 0 Å². The fourth-order valence-electron chi connectivity index (χ4n) is 2.60. The summed E-state index contributed by atoms with van der Waals surface area (Å²) in [5, 5.41) is 8.82. The van der Waals surface area contributed by atoms with E-state index in [0.29, 0.717) is 0 Å². The van der Waals surface area contributed by atoms with Crippen LogP contribution in [0.5, 0.6) is 0 Å². The molecule has 0 spiro atoms. The zero-order chi connectivity index (χ0) is 11.5. The first kappa shape index (κ1) is 11.0. The minimum absolute atomic E-state index is 1.03. The molecule has 1 nitrogen and oxygen atoms in total. The van der Waals surface area contributed by atoms with E-state index in [0.717, 1.165) is 25.7 Å². The number of allylic oxidation sites excluding steroid dienone is 2. The number of nitriles is 1. The van der Waals surface area contributed by atoms with E-state index < -0.39 is 0 Å². The first-order chi connectivity index (χ1) is 7.77. The summed E-state index contributed by atoms with van der Waals surface area (Å²) in [7, 11) is 0.